The van der Waals surface area contributed by atoms with Gasteiger partial charge in [0, 0.05) is 43.7 Å². The second-order valence-corrected chi connectivity index (χ2v) is 9.19. The molecule has 0 atom stereocenters. The number of amides is 2. The van der Waals surface area contributed by atoms with E-state index < -0.39 is 0 Å². The minimum absolute atomic E-state index is 0.0208. The summed E-state index contributed by atoms with van der Waals surface area (Å²) in [7, 11) is 4.65. The molecule has 3 aliphatic rings. The molecule has 0 saturated carbocycles. The van der Waals surface area contributed by atoms with Crippen LogP contribution in [0, 0.1) is 5.92 Å². The predicted molar refractivity (Wildman–Crippen MR) is 127 cm³/mol. The van der Waals surface area contributed by atoms with Crippen molar-refractivity contribution in [3.8, 4) is 17.2 Å². The van der Waals surface area contributed by atoms with E-state index in [4.69, 9.17) is 18.9 Å². The quantitative estimate of drug-likeness (QED) is 0.622. The number of ether oxygens (including phenoxy) is 4. The Bertz CT molecular complexity index is 831. The topological polar surface area (TPSA) is 80.8 Å². The third kappa shape index (κ3) is 5.25. The van der Waals surface area contributed by atoms with Crippen molar-refractivity contribution in [3.05, 3.63) is 17.7 Å². The molecule has 0 aliphatic carbocycles. The van der Waals surface area contributed by atoms with E-state index in [-0.39, 0.29) is 11.8 Å². The average molecular weight is 476 g/mol. The van der Waals surface area contributed by atoms with Gasteiger partial charge in [0.1, 0.15) is 0 Å². The van der Waals surface area contributed by atoms with Crippen LogP contribution in [0.1, 0.15) is 36.0 Å². The lowest BCUT2D eigenvalue weighted by molar-refractivity contribution is -0.141. The summed E-state index contributed by atoms with van der Waals surface area (Å²) >= 11 is 0. The number of piperidine rings is 2. The van der Waals surface area contributed by atoms with E-state index in [0.717, 1.165) is 51.9 Å². The van der Waals surface area contributed by atoms with Crippen molar-refractivity contribution in [3.63, 3.8) is 0 Å². The molecule has 1 aromatic carbocycles. The Hall–Kier alpha value is -2.52. The molecule has 0 unspecified atom stereocenters. The molecule has 34 heavy (non-hydrogen) atoms. The molecule has 3 fully saturated rings. The molecule has 3 aliphatic heterocycles. The molecule has 0 spiro atoms. The molecule has 1 aromatic rings. The third-order valence-corrected chi connectivity index (χ3v) is 7.38. The fraction of sp³-hybridized carbons (Fsp3) is 0.680. The summed E-state index contributed by atoms with van der Waals surface area (Å²) in [5.41, 5.74) is 0.537. The average Bonchev–Trinajstić information content (AvgIpc) is 2.92. The maximum atomic E-state index is 13.2. The Kier molecular flexibility index (Phi) is 8.15. The SMILES string of the molecule is COc1cc(C(=O)N2CCC(N3CCC(C(=O)N4CCOCC4)CC3)CC2)cc(OC)c1OC. The molecule has 3 heterocycles. The van der Waals surface area contributed by atoms with E-state index in [1.807, 2.05) is 9.80 Å². The molecule has 0 N–H and O–H groups in total. The molecular weight excluding hydrogens is 438 g/mol. The van der Waals surface area contributed by atoms with Crippen molar-refractivity contribution in [1.82, 2.24) is 14.7 Å². The lowest BCUT2D eigenvalue weighted by atomic mass is 9.92. The number of rotatable bonds is 6. The summed E-state index contributed by atoms with van der Waals surface area (Å²) in [5, 5.41) is 0. The standard InChI is InChI=1S/C25H37N3O6/c1-31-21-16-19(17-22(32-2)23(21)33-3)25(30)27-10-6-20(7-11-27)26-8-4-18(5-9-26)24(29)28-12-14-34-15-13-28/h16-18,20H,4-15H2,1-3H3. The zero-order valence-electron chi connectivity index (χ0n) is 20.6. The third-order valence-electron chi connectivity index (χ3n) is 7.38. The molecule has 0 aromatic heterocycles. The first-order valence-corrected chi connectivity index (χ1v) is 12.3. The maximum Gasteiger partial charge on any atom is 0.254 e. The van der Waals surface area contributed by atoms with Crippen LogP contribution < -0.4 is 14.2 Å². The second kappa shape index (κ2) is 11.3. The molecule has 9 nitrogen and oxygen atoms in total. The largest absolute Gasteiger partial charge is 0.493 e. The molecule has 3 saturated heterocycles. The van der Waals surface area contributed by atoms with E-state index in [1.165, 1.54) is 0 Å². The molecule has 0 radical (unpaired) electrons. The minimum Gasteiger partial charge on any atom is -0.493 e. The molecule has 4 rings (SSSR count). The molecule has 188 valence electrons. The van der Waals surface area contributed by atoms with Crippen molar-refractivity contribution in [2.24, 2.45) is 5.92 Å². The van der Waals surface area contributed by atoms with E-state index in [2.05, 4.69) is 4.90 Å². The van der Waals surface area contributed by atoms with Crippen LogP contribution in [0.5, 0.6) is 17.2 Å². The zero-order chi connectivity index (χ0) is 24.1. The highest BCUT2D eigenvalue weighted by Crippen LogP contribution is 2.38. The lowest BCUT2D eigenvalue weighted by Crippen LogP contribution is -2.51. The Morgan fingerprint density at radius 1 is 0.794 bits per heavy atom. The van der Waals surface area contributed by atoms with Gasteiger partial charge in [-0.05, 0) is 50.9 Å². The van der Waals surface area contributed by atoms with Gasteiger partial charge in [0.15, 0.2) is 11.5 Å². The number of carbonyl (C=O) groups is 2. The van der Waals surface area contributed by atoms with Crippen LogP contribution in [0.25, 0.3) is 0 Å². The molecule has 9 heteroatoms. The zero-order valence-corrected chi connectivity index (χ0v) is 20.6. The summed E-state index contributed by atoms with van der Waals surface area (Å²) < 4.78 is 21.5. The van der Waals surface area contributed by atoms with Gasteiger partial charge in [0.2, 0.25) is 11.7 Å². The van der Waals surface area contributed by atoms with Crippen LogP contribution >= 0.6 is 0 Å². The van der Waals surface area contributed by atoms with Crippen molar-refractivity contribution < 1.29 is 28.5 Å². The van der Waals surface area contributed by atoms with Crippen molar-refractivity contribution in [2.45, 2.75) is 31.7 Å². The summed E-state index contributed by atoms with van der Waals surface area (Å²) in [6, 6.07) is 3.89. The predicted octanol–water partition coefficient (Wildman–Crippen LogP) is 1.89. The van der Waals surface area contributed by atoms with Crippen molar-refractivity contribution in [1.29, 1.82) is 0 Å². The van der Waals surface area contributed by atoms with E-state index in [9.17, 15) is 9.59 Å². The van der Waals surface area contributed by atoms with Gasteiger partial charge >= 0.3 is 0 Å². The Morgan fingerprint density at radius 2 is 1.38 bits per heavy atom. The van der Waals surface area contributed by atoms with Gasteiger partial charge in [-0.15, -0.1) is 0 Å². The number of likely N-dealkylation sites (tertiary alicyclic amines) is 2. The number of nitrogens with zero attached hydrogens (tertiary/aromatic N) is 3. The van der Waals surface area contributed by atoms with Crippen LogP contribution in [0.15, 0.2) is 12.1 Å². The van der Waals surface area contributed by atoms with Gasteiger partial charge in [-0.25, -0.2) is 0 Å². The van der Waals surface area contributed by atoms with Crippen LogP contribution in [0.3, 0.4) is 0 Å². The number of benzene rings is 1. The summed E-state index contributed by atoms with van der Waals surface area (Å²) in [6.07, 6.45) is 3.72. The monoisotopic (exact) mass is 475 g/mol. The highest BCUT2D eigenvalue weighted by atomic mass is 16.5. The van der Waals surface area contributed by atoms with Gasteiger partial charge in [0.05, 0.1) is 34.5 Å². The number of morpholine rings is 1. The maximum absolute atomic E-state index is 13.2. The normalized spacial score (nSPS) is 20.8. The van der Waals surface area contributed by atoms with E-state index in [0.29, 0.717) is 61.1 Å². The first-order chi connectivity index (χ1) is 16.5. The van der Waals surface area contributed by atoms with Gasteiger partial charge in [-0.3, -0.25) is 9.59 Å². The Labute approximate surface area is 201 Å². The Morgan fingerprint density at radius 3 is 1.91 bits per heavy atom. The van der Waals surface area contributed by atoms with Gasteiger partial charge in [-0.2, -0.15) is 0 Å². The fourth-order valence-corrected chi connectivity index (χ4v) is 5.37. The molecule has 0 bridgehead atoms. The van der Waals surface area contributed by atoms with Gasteiger partial charge in [0.25, 0.3) is 5.91 Å². The van der Waals surface area contributed by atoms with Crippen LogP contribution in [-0.2, 0) is 9.53 Å². The lowest BCUT2D eigenvalue weighted by Gasteiger charge is -2.42. The highest BCUT2D eigenvalue weighted by Gasteiger charge is 2.34. The van der Waals surface area contributed by atoms with Crippen molar-refractivity contribution >= 4 is 11.8 Å². The van der Waals surface area contributed by atoms with Crippen LogP contribution in [0.4, 0.5) is 0 Å². The number of methoxy groups -OCH3 is 3. The smallest absolute Gasteiger partial charge is 0.254 e. The van der Waals surface area contributed by atoms with E-state index in [1.54, 1.807) is 33.5 Å². The number of hydrogen-bond donors (Lipinski definition) is 0. The summed E-state index contributed by atoms with van der Waals surface area (Å²) in [4.78, 5) is 32.4. The van der Waals surface area contributed by atoms with Crippen molar-refractivity contribution in [2.75, 3.05) is 73.8 Å². The van der Waals surface area contributed by atoms with Gasteiger partial charge in [-0.1, -0.05) is 0 Å². The van der Waals surface area contributed by atoms with Crippen LogP contribution in [-0.4, -0.2) is 106 Å². The second-order valence-electron chi connectivity index (χ2n) is 9.19. The van der Waals surface area contributed by atoms with Gasteiger partial charge < -0.3 is 33.6 Å². The fourth-order valence-electron chi connectivity index (χ4n) is 5.37. The first-order valence-electron chi connectivity index (χ1n) is 12.3. The Balaban J connectivity index is 1.29. The number of hydrogen-bond acceptors (Lipinski definition) is 7. The summed E-state index contributed by atoms with van der Waals surface area (Å²) in [6.45, 7) is 6.07. The molecular formula is C25H37N3O6. The van der Waals surface area contributed by atoms with Crippen LogP contribution in [0.2, 0.25) is 0 Å². The minimum atomic E-state index is -0.0208. The summed E-state index contributed by atoms with van der Waals surface area (Å²) in [5.74, 6) is 1.86. The van der Waals surface area contributed by atoms with E-state index >= 15 is 0 Å². The highest BCUT2D eigenvalue weighted by molar-refractivity contribution is 5.95. The number of carbonyl (C=O) groups excluding carboxylic acids is 2. The molecule has 2 amide bonds. The first kappa shape index (κ1) is 24.6.